The van der Waals surface area contributed by atoms with Crippen molar-refractivity contribution in [3.8, 4) is 0 Å². The van der Waals surface area contributed by atoms with Gasteiger partial charge in [-0.15, -0.1) is 6.58 Å². The lowest BCUT2D eigenvalue weighted by molar-refractivity contribution is -0.211. The van der Waals surface area contributed by atoms with Gasteiger partial charge in [0, 0.05) is 7.05 Å². The fourth-order valence-electron chi connectivity index (χ4n) is 0.650. The Labute approximate surface area is 85.2 Å². The van der Waals surface area contributed by atoms with Gasteiger partial charge in [0.05, 0.1) is 7.11 Å². The molecular formula is C8H12F3NO3. The highest BCUT2D eigenvalue weighted by Crippen LogP contribution is 2.23. The number of hydrogen-bond donors (Lipinski definition) is 0. The van der Waals surface area contributed by atoms with Gasteiger partial charge in [-0.2, -0.15) is 13.2 Å². The summed E-state index contributed by atoms with van der Waals surface area (Å²) in [6, 6.07) is 0. The van der Waals surface area contributed by atoms with Crippen LogP contribution in [0.25, 0.3) is 0 Å². The number of carbonyl (C=O) groups is 1. The van der Waals surface area contributed by atoms with Crippen molar-refractivity contribution in [3.05, 3.63) is 12.7 Å². The molecule has 15 heavy (non-hydrogen) atoms. The van der Waals surface area contributed by atoms with Gasteiger partial charge >= 0.3 is 6.18 Å². The summed E-state index contributed by atoms with van der Waals surface area (Å²) in [5, 5.41) is 0.774. The molecule has 1 atom stereocenters. The van der Waals surface area contributed by atoms with E-state index in [4.69, 9.17) is 0 Å². The zero-order valence-corrected chi connectivity index (χ0v) is 8.37. The fraction of sp³-hybridized carbons (Fsp3) is 0.625. The summed E-state index contributed by atoms with van der Waals surface area (Å²) >= 11 is 0. The second-order valence-electron chi connectivity index (χ2n) is 2.58. The van der Waals surface area contributed by atoms with Gasteiger partial charge in [-0.3, -0.25) is 9.63 Å². The topological polar surface area (TPSA) is 38.8 Å². The van der Waals surface area contributed by atoms with Crippen molar-refractivity contribution in [2.75, 3.05) is 20.8 Å². The number of alkyl halides is 3. The van der Waals surface area contributed by atoms with Gasteiger partial charge in [-0.1, -0.05) is 6.08 Å². The van der Waals surface area contributed by atoms with Crippen LogP contribution in [0.4, 0.5) is 13.2 Å². The Balaban J connectivity index is 4.13. The number of amides is 1. The molecule has 7 heteroatoms. The molecule has 0 fully saturated rings. The first kappa shape index (κ1) is 13.9. The number of hydrogen-bond acceptors (Lipinski definition) is 3. The summed E-state index contributed by atoms with van der Waals surface area (Å²) < 4.78 is 40.6. The molecule has 0 unspecified atom stereocenters. The Morgan fingerprint density at radius 3 is 2.47 bits per heavy atom. The molecule has 0 heterocycles. The van der Waals surface area contributed by atoms with Crippen LogP contribution in [0.1, 0.15) is 0 Å². The van der Waals surface area contributed by atoms with Crippen LogP contribution in [-0.2, 0) is 14.4 Å². The number of nitrogens with zero attached hydrogens (tertiary/aromatic N) is 1. The maximum absolute atomic E-state index is 12.1. The maximum Gasteiger partial charge on any atom is 0.418 e. The van der Waals surface area contributed by atoms with Crippen LogP contribution in [0.5, 0.6) is 0 Å². The molecule has 0 rings (SSSR count). The molecule has 0 aromatic rings. The first-order chi connectivity index (χ1) is 6.82. The molecule has 0 aromatic carbocycles. The van der Waals surface area contributed by atoms with Crippen molar-refractivity contribution in [1.29, 1.82) is 0 Å². The Bertz CT molecular complexity index is 230. The van der Waals surface area contributed by atoms with Gasteiger partial charge in [-0.05, 0) is 0 Å². The largest absolute Gasteiger partial charge is 0.418 e. The van der Waals surface area contributed by atoms with Crippen LogP contribution >= 0.6 is 0 Å². The van der Waals surface area contributed by atoms with E-state index in [0.29, 0.717) is 6.08 Å². The third kappa shape index (κ3) is 4.80. The Kier molecular flexibility index (Phi) is 5.31. The molecule has 88 valence electrons. The van der Waals surface area contributed by atoms with Gasteiger partial charge < -0.3 is 4.74 Å². The minimum absolute atomic E-state index is 0.583. The average molecular weight is 227 g/mol. The maximum atomic E-state index is 12.1. The third-order valence-corrected chi connectivity index (χ3v) is 1.55. The van der Waals surface area contributed by atoms with Crippen molar-refractivity contribution in [2.24, 2.45) is 0 Å². The van der Waals surface area contributed by atoms with Crippen molar-refractivity contribution in [2.45, 2.75) is 12.3 Å². The molecule has 0 aliphatic heterocycles. The molecule has 0 spiro atoms. The second-order valence-corrected chi connectivity index (χ2v) is 2.58. The van der Waals surface area contributed by atoms with Crippen LogP contribution < -0.4 is 0 Å². The average Bonchev–Trinajstić information content (AvgIpc) is 2.15. The number of ether oxygens (including phenoxy) is 1. The lowest BCUT2D eigenvalue weighted by Crippen LogP contribution is -2.35. The monoisotopic (exact) mass is 227 g/mol. The molecule has 0 saturated heterocycles. The van der Waals surface area contributed by atoms with Gasteiger partial charge in [-0.25, -0.2) is 5.06 Å². The Morgan fingerprint density at radius 2 is 2.13 bits per heavy atom. The molecule has 0 aromatic heterocycles. The van der Waals surface area contributed by atoms with Crippen LogP contribution in [0, 0.1) is 0 Å². The van der Waals surface area contributed by atoms with Crippen molar-refractivity contribution in [1.82, 2.24) is 5.06 Å². The van der Waals surface area contributed by atoms with Crippen molar-refractivity contribution in [3.63, 3.8) is 0 Å². The molecule has 0 saturated carbocycles. The van der Waals surface area contributed by atoms with Crippen LogP contribution in [0.3, 0.4) is 0 Å². The lowest BCUT2D eigenvalue weighted by Gasteiger charge is -2.19. The Hall–Kier alpha value is -1.08. The number of rotatable bonds is 5. The minimum atomic E-state index is -4.56. The number of halogens is 3. The van der Waals surface area contributed by atoms with Gasteiger partial charge in [0.25, 0.3) is 5.91 Å². The molecular weight excluding hydrogens is 215 g/mol. The Morgan fingerprint density at radius 1 is 1.60 bits per heavy atom. The van der Waals surface area contributed by atoms with E-state index in [0.717, 1.165) is 5.06 Å². The first-order valence-electron chi connectivity index (χ1n) is 3.94. The van der Waals surface area contributed by atoms with E-state index < -0.39 is 24.8 Å². The molecule has 0 radical (unpaired) electrons. The third-order valence-electron chi connectivity index (χ3n) is 1.55. The first-order valence-corrected chi connectivity index (χ1v) is 3.94. The number of likely N-dealkylation sites (N-methyl/N-ethyl adjacent to an activating group) is 1. The van der Waals surface area contributed by atoms with Crippen LogP contribution in [0.15, 0.2) is 12.7 Å². The van der Waals surface area contributed by atoms with E-state index in [2.05, 4.69) is 16.2 Å². The lowest BCUT2D eigenvalue weighted by atomic mass is 10.3. The van der Waals surface area contributed by atoms with E-state index >= 15 is 0 Å². The van der Waals surface area contributed by atoms with E-state index in [-0.39, 0.29) is 0 Å². The predicted octanol–water partition coefficient (Wildman–Crippen LogP) is 1.14. The highest BCUT2D eigenvalue weighted by molar-refractivity contribution is 5.76. The smallest absolute Gasteiger partial charge is 0.355 e. The van der Waals surface area contributed by atoms with E-state index in [1.807, 2.05) is 0 Å². The van der Waals surface area contributed by atoms with Crippen LogP contribution in [-0.4, -0.2) is 44.0 Å². The second kappa shape index (κ2) is 5.72. The summed E-state index contributed by atoms with van der Waals surface area (Å²) in [5.74, 6) is -0.714. The predicted molar refractivity (Wildman–Crippen MR) is 45.8 cm³/mol. The quantitative estimate of drug-likeness (QED) is 0.522. The summed E-state index contributed by atoms with van der Waals surface area (Å²) in [7, 11) is 2.48. The van der Waals surface area contributed by atoms with E-state index in [9.17, 15) is 18.0 Å². The number of hydroxylamine groups is 2. The highest BCUT2D eigenvalue weighted by atomic mass is 19.4. The standard InChI is InChI=1S/C8H12F3NO3/c1-4-6(8(9,10)11)15-5-7(13)12(2)14-3/h4,6H,1,5H2,2-3H3/t6-/m0/s1. The summed E-state index contributed by atoms with van der Waals surface area (Å²) in [5.41, 5.74) is 0. The molecule has 0 bridgehead atoms. The highest BCUT2D eigenvalue weighted by Gasteiger charge is 2.38. The van der Waals surface area contributed by atoms with Gasteiger partial charge in [0.2, 0.25) is 0 Å². The SMILES string of the molecule is C=C[C@H](OCC(=O)N(C)OC)C(F)(F)F. The fourth-order valence-corrected chi connectivity index (χ4v) is 0.650. The summed E-state index contributed by atoms with van der Waals surface area (Å²) in [6.07, 6.45) is -6.12. The van der Waals surface area contributed by atoms with E-state index in [1.165, 1.54) is 14.2 Å². The van der Waals surface area contributed by atoms with E-state index in [1.54, 1.807) is 0 Å². The normalized spacial score (nSPS) is 13.4. The molecule has 4 nitrogen and oxygen atoms in total. The van der Waals surface area contributed by atoms with Crippen LogP contribution in [0.2, 0.25) is 0 Å². The summed E-state index contributed by atoms with van der Waals surface area (Å²) in [6.45, 7) is 2.25. The molecule has 0 aliphatic rings. The van der Waals surface area contributed by atoms with Crippen molar-refractivity contribution < 1.29 is 27.5 Å². The molecule has 0 N–H and O–H groups in total. The minimum Gasteiger partial charge on any atom is -0.355 e. The van der Waals surface area contributed by atoms with Crippen molar-refractivity contribution >= 4 is 5.91 Å². The molecule has 0 aliphatic carbocycles. The zero-order chi connectivity index (χ0) is 12.1. The summed E-state index contributed by atoms with van der Waals surface area (Å²) in [4.78, 5) is 15.5. The zero-order valence-electron chi connectivity index (χ0n) is 8.37. The van der Waals surface area contributed by atoms with Gasteiger partial charge in [0.1, 0.15) is 6.61 Å². The molecule has 1 amide bonds. The number of carbonyl (C=O) groups excluding carboxylic acids is 1. The van der Waals surface area contributed by atoms with Gasteiger partial charge in [0.15, 0.2) is 6.10 Å².